The van der Waals surface area contributed by atoms with Gasteiger partial charge in [-0.1, -0.05) is 35.9 Å². The van der Waals surface area contributed by atoms with E-state index in [0.717, 1.165) is 5.39 Å². The summed E-state index contributed by atoms with van der Waals surface area (Å²) >= 11 is 5.84. The van der Waals surface area contributed by atoms with Crippen LogP contribution in [0.4, 0.5) is 0 Å². The summed E-state index contributed by atoms with van der Waals surface area (Å²) in [7, 11) is 0. The Kier molecular flexibility index (Phi) is 5.28. The van der Waals surface area contributed by atoms with Crippen LogP contribution in [-0.2, 0) is 4.79 Å². The molecule has 0 spiro atoms. The van der Waals surface area contributed by atoms with E-state index >= 15 is 0 Å². The van der Waals surface area contributed by atoms with Gasteiger partial charge in [0, 0.05) is 10.4 Å². The standard InChI is InChI=1S/C20H18ClN3O3/c1-20(2,27-15-10-8-14(21)9-11-15)19(26)24-23-18(25)17-12-7-13-5-3-4-6-16(13)22-17/h3-12H,1-2H3,(H,23,25)(H,24,26). The van der Waals surface area contributed by atoms with E-state index in [1.165, 1.54) is 0 Å². The number of hydrogen-bond donors (Lipinski definition) is 2. The Labute approximate surface area is 161 Å². The number of rotatable bonds is 4. The zero-order valence-corrected chi connectivity index (χ0v) is 15.6. The molecule has 0 saturated carbocycles. The summed E-state index contributed by atoms with van der Waals surface area (Å²) in [5, 5.41) is 1.50. The van der Waals surface area contributed by atoms with Crippen LogP contribution < -0.4 is 15.6 Å². The molecule has 0 aliphatic carbocycles. The first-order valence-electron chi connectivity index (χ1n) is 8.26. The molecule has 7 heteroatoms. The lowest BCUT2D eigenvalue weighted by molar-refractivity contribution is -0.135. The van der Waals surface area contributed by atoms with Gasteiger partial charge in [0.2, 0.25) is 0 Å². The molecule has 6 nitrogen and oxygen atoms in total. The minimum absolute atomic E-state index is 0.199. The number of para-hydroxylation sites is 1. The molecule has 0 aliphatic rings. The van der Waals surface area contributed by atoms with Crippen molar-refractivity contribution < 1.29 is 14.3 Å². The van der Waals surface area contributed by atoms with Crippen molar-refractivity contribution in [3.05, 3.63) is 71.4 Å². The molecule has 1 heterocycles. The number of benzene rings is 2. The van der Waals surface area contributed by atoms with E-state index in [2.05, 4.69) is 15.8 Å². The molecule has 2 aromatic carbocycles. The minimum atomic E-state index is -1.21. The molecule has 0 unspecified atom stereocenters. The SMILES string of the molecule is CC(C)(Oc1ccc(Cl)cc1)C(=O)NNC(=O)c1ccc2ccccc2n1. The van der Waals surface area contributed by atoms with Crippen LogP contribution in [-0.4, -0.2) is 22.4 Å². The molecule has 0 radical (unpaired) electrons. The maximum atomic E-state index is 12.4. The van der Waals surface area contributed by atoms with Gasteiger partial charge in [-0.05, 0) is 50.2 Å². The maximum absolute atomic E-state index is 12.4. The predicted octanol–water partition coefficient (Wildman–Crippen LogP) is 3.51. The summed E-state index contributed by atoms with van der Waals surface area (Å²) in [6.07, 6.45) is 0. The van der Waals surface area contributed by atoms with E-state index in [-0.39, 0.29) is 5.69 Å². The molecule has 27 heavy (non-hydrogen) atoms. The Morgan fingerprint density at radius 3 is 2.41 bits per heavy atom. The van der Waals surface area contributed by atoms with Crippen molar-refractivity contribution in [3.8, 4) is 5.75 Å². The highest BCUT2D eigenvalue weighted by Gasteiger charge is 2.30. The van der Waals surface area contributed by atoms with Gasteiger partial charge < -0.3 is 4.74 Å². The maximum Gasteiger partial charge on any atom is 0.288 e. The topological polar surface area (TPSA) is 80.3 Å². The number of nitrogens with one attached hydrogen (secondary N) is 2. The summed E-state index contributed by atoms with van der Waals surface area (Å²) in [6.45, 7) is 3.19. The lowest BCUT2D eigenvalue weighted by Crippen LogP contribution is -2.53. The molecule has 0 saturated heterocycles. The number of ether oxygens (including phenoxy) is 1. The molecule has 1 aromatic heterocycles. The molecule has 0 aliphatic heterocycles. The molecule has 0 fully saturated rings. The third-order valence-corrected chi connectivity index (χ3v) is 4.11. The summed E-state index contributed by atoms with van der Waals surface area (Å²) < 4.78 is 5.68. The number of aromatic nitrogens is 1. The molecule has 0 bridgehead atoms. The van der Waals surface area contributed by atoms with Gasteiger partial charge in [-0.15, -0.1) is 0 Å². The van der Waals surface area contributed by atoms with Crippen molar-refractivity contribution in [2.45, 2.75) is 19.4 Å². The molecular weight excluding hydrogens is 366 g/mol. The Morgan fingerprint density at radius 1 is 0.963 bits per heavy atom. The minimum Gasteiger partial charge on any atom is -0.478 e. The van der Waals surface area contributed by atoms with Gasteiger partial charge in [-0.25, -0.2) is 4.98 Å². The molecule has 3 rings (SSSR count). The van der Waals surface area contributed by atoms with Crippen LogP contribution in [0, 0.1) is 0 Å². The van der Waals surface area contributed by atoms with Gasteiger partial charge >= 0.3 is 0 Å². The Morgan fingerprint density at radius 2 is 1.67 bits per heavy atom. The number of carbonyl (C=O) groups excluding carboxylic acids is 2. The highest BCUT2D eigenvalue weighted by atomic mass is 35.5. The fourth-order valence-electron chi connectivity index (χ4n) is 2.36. The Bertz CT molecular complexity index is 987. The van der Waals surface area contributed by atoms with Gasteiger partial charge in [0.15, 0.2) is 5.60 Å². The molecular formula is C20H18ClN3O3. The van der Waals surface area contributed by atoms with Crippen LogP contribution in [0.5, 0.6) is 5.75 Å². The third kappa shape index (κ3) is 4.54. The van der Waals surface area contributed by atoms with Gasteiger partial charge in [-0.2, -0.15) is 0 Å². The number of nitrogens with zero attached hydrogens (tertiary/aromatic N) is 1. The highest BCUT2D eigenvalue weighted by Crippen LogP contribution is 2.21. The fraction of sp³-hybridized carbons (Fsp3) is 0.150. The monoisotopic (exact) mass is 383 g/mol. The van der Waals surface area contributed by atoms with Gasteiger partial charge in [0.25, 0.3) is 11.8 Å². The zero-order chi connectivity index (χ0) is 19.4. The quantitative estimate of drug-likeness (QED) is 0.675. The first kappa shape index (κ1) is 18.7. The molecule has 3 aromatic rings. The van der Waals surface area contributed by atoms with E-state index in [0.29, 0.717) is 16.3 Å². The normalized spacial score (nSPS) is 11.1. The second kappa shape index (κ2) is 7.63. The lowest BCUT2D eigenvalue weighted by atomic mass is 10.1. The number of halogens is 1. The lowest BCUT2D eigenvalue weighted by Gasteiger charge is -2.25. The average Bonchev–Trinajstić information content (AvgIpc) is 2.67. The summed E-state index contributed by atoms with van der Waals surface area (Å²) in [4.78, 5) is 28.9. The Hall–Kier alpha value is -3.12. The van der Waals surface area contributed by atoms with Crippen LogP contribution in [0.25, 0.3) is 10.9 Å². The van der Waals surface area contributed by atoms with Crippen LogP contribution in [0.2, 0.25) is 5.02 Å². The van der Waals surface area contributed by atoms with Gasteiger partial charge in [-0.3, -0.25) is 20.4 Å². The number of hydrogen-bond acceptors (Lipinski definition) is 4. The first-order chi connectivity index (χ1) is 12.8. The summed E-state index contributed by atoms with van der Waals surface area (Å²) in [5.74, 6) is -0.537. The number of hydrazine groups is 1. The van der Waals surface area contributed by atoms with Crippen LogP contribution in [0.1, 0.15) is 24.3 Å². The number of pyridine rings is 1. The number of amides is 2. The van der Waals surface area contributed by atoms with Crippen molar-refractivity contribution in [2.75, 3.05) is 0 Å². The first-order valence-corrected chi connectivity index (χ1v) is 8.64. The summed E-state index contributed by atoms with van der Waals surface area (Å²) in [5.41, 5.74) is 4.42. The van der Waals surface area contributed by atoms with E-state index in [1.54, 1.807) is 50.2 Å². The average molecular weight is 384 g/mol. The van der Waals surface area contributed by atoms with E-state index in [4.69, 9.17) is 16.3 Å². The molecule has 2 amide bonds. The van der Waals surface area contributed by atoms with Gasteiger partial charge in [0.1, 0.15) is 11.4 Å². The van der Waals surface area contributed by atoms with E-state index in [9.17, 15) is 9.59 Å². The molecule has 0 atom stereocenters. The van der Waals surface area contributed by atoms with Crippen LogP contribution in [0.15, 0.2) is 60.7 Å². The van der Waals surface area contributed by atoms with E-state index in [1.807, 2.05) is 24.3 Å². The second-order valence-corrected chi connectivity index (χ2v) is 6.80. The highest BCUT2D eigenvalue weighted by molar-refractivity contribution is 6.30. The third-order valence-electron chi connectivity index (χ3n) is 3.85. The molecule has 138 valence electrons. The zero-order valence-electron chi connectivity index (χ0n) is 14.8. The fourth-order valence-corrected chi connectivity index (χ4v) is 2.49. The van der Waals surface area contributed by atoms with Crippen LogP contribution in [0.3, 0.4) is 0 Å². The van der Waals surface area contributed by atoms with E-state index < -0.39 is 17.4 Å². The largest absolute Gasteiger partial charge is 0.478 e. The van der Waals surface area contributed by atoms with Crippen molar-refractivity contribution in [1.29, 1.82) is 0 Å². The van der Waals surface area contributed by atoms with Crippen molar-refractivity contribution >= 4 is 34.3 Å². The van der Waals surface area contributed by atoms with Crippen molar-refractivity contribution in [1.82, 2.24) is 15.8 Å². The van der Waals surface area contributed by atoms with Crippen molar-refractivity contribution in [2.24, 2.45) is 0 Å². The second-order valence-electron chi connectivity index (χ2n) is 6.36. The predicted molar refractivity (Wildman–Crippen MR) is 104 cm³/mol. The van der Waals surface area contributed by atoms with Crippen molar-refractivity contribution in [3.63, 3.8) is 0 Å². The number of fused-ring (bicyclic) bond motifs is 1. The molecule has 2 N–H and O–H groups in total. The summed E-state index contributed by atoms with van der Waals surface area (Å²) in [6, 6.07) is 17.5. The van der Waals surface area contributed by atoms with Gasteiger partial charge in [0.05, 0.1) is 5.52 Å². The smallest absolute Gasteiger partial charge is 0.288 e. The van der Waals surface area contributed by atoms with Crippen LogP contribution >= 0.6 is 11.6 Å². The number of carbonyl (C=O) groups is 2. The Balaban J connectivity index is 1.62.